The predicted octanol–water partition coefficient (Wildman–Crippen LogP) is 5.47. The molecule has 4 nitrogen and oxygen atoms in total. The van der Waals surface area contributed by atoms with E-state index in [0.29, 0.717) is 16.7 Å². The Balaban J connectivity index is 1.62. The molecule has 1 aromatic heterocycles. The number of halogens is 2. The van der Waals surface area contributed by atoms with E-state index in [0.717, 1.165) is 27.5 Å². The lowest BCUT2D eigenvalue weighted by molar-refractivity contribution is 0.799. The van der Waals surface area contributed by atoms with Crippen LogP contribution in [0.5, 0.6) is 0 Å². The van der Waals surface area contributed by atoms with Gasteiger partial charge in [-0.15, -0.1) is 0 Å². The number of aromatic nitrogens is 1. The van der Waals surface area contributed by atoms with Gasteiger partial charge in [0.15, 0.2) is 5.11 Å². The number of anilines is 1. The smallest absolute Gasteiger partial charge is 0.191 e. The highest BCUT2D eigenvalue weighted by Gasteiger charge is 2.05. The maximum atomic E-state index is 6.25. The van der Waals surface area contributed by atoms with Gasteiger partial charge < -0.3 is 9.88 Å². The molecule has 0 amide bonds. The zero-order chi connectivity index (χ0) is 19.2. The van der Waals surface area contributed by atoms with Gasteiger partial charge in [0, 0.05) is 28.5 Å². The summed E-state index contributed by atoms with van der Waals surface area (Å²) in [7, 11) is 0. The Hall–Kier alpha value is -2.34. The first kappa shape index (κ1) is 19.4. The molecule has 2 N–H and O–H groups in total. The lowest BCUT2D eigenvalue weighted by Gasteiger charge is -2.11. The van der Waals surface area contributed by atoms with Crippen molar-refractivity contribution in [3.05, 3.63) is 87.7 Å². The summed E-state index contributed by atoms with van der Waals surface area (Å²) < 4.78 is 2.06. The number of hydrogen-bond donors (Lipinski definition) is 2. The van der Waals surface area contributed by atoms with Crippen LogP contribution in [0.4, 0.5) is 5.69 Å². The minimum atomic E-state index is 0.390. The van der Waals surface area contributed by atoms with Gasteiger partial charge in [0.1, 0.15) is 0 Å². The number of benzene rings is 2. The average molecular weight is 417 g/mol. The van der Waals surface area contributed by atoms with Crippen molar-refractivity contribution in [2.45, 2.75) is 13.5 Å². The molecule has 0 aliphatic carbocycles. The third-order valence-corrected chi connectivity index (χ3v) is 5.01. The first-order valence-electron chi connectivity index (χ1n) is 8.28. The summed E-state index contributed by atoms with van der Waals surface area (Å²) in [6.45, 7) is 2.59. The highest BCUT2D eigenvalue weighted by molar-refractivity contribution is 7.80. The zero-order valence-electron chi connectivity index (χ0n) is 14.6. The van der Waals surface area contributed by atoms with E-state index in [1.54, 1.807) is 6.21 Å². The van der Waals surface area contributed by atoms with Crippen LogP contribution in [-0.4, -0.2) is 15.9 Å². The van der Waals surface area contributed by atoms with Crippen LogP contribution in [0.15, 0.2) is 65.9 Å². The monoisotopic (exact) mass is 416 g/mol. The molecule has 0 radical (unpaired) electrons. The van der Waals surface area contributed by atoms with Crippen LogP contribution in [0.3, 0.4) is 0 Å². The van der Waals surface area contributed by atoms with Crippen molar-refractivity contribution in [1.82, 2.24) is 9.99 Å². The van der Waals surface area contributed by atoms with E-state index in [-0.39, 0.29) is 0 Å². The van der Waals surface area contributed by atoms with Crippen LogP contribution in [0.1, 0.15) is 16.8 Å². The minimum absolute atomic E-state index is 0.390. The molecule has 0 spiro atoms. The summed E-state index contributed by atoms with van der Waals surface area (Å²) in [6, 6.07) is 17.3. The molecule has 0 aliphatic rings. The molecule has 0 saturated heterocycles. The molecule has 138 valence electrons. The van der Waals surface area contributed by atoms with Crippen molar-refractivity contribution < 1.29 is 0 Å². The maximum Gasteiger partial charge on any atom is 0.191 e. The highest BCUT2D eigenvalue weighted by atomic mass is 35.5. The fourth-order valence-electron chi connectivity index (χ4n) is 2.55. The summed E-state index contributed by atoms with van der Waals surface area (Å²) in [4.78, 5) is 0. The van der Waals surface area contributed by atoms with Crippen LogP contribution < -0.4 is 10.7 Å². The fourth-order valence-corrected chi connectivity index (χ4v) is 3.08. The minimum Gasteiger partial charge on any atom is -0.342 e. The molecule has 27 heavy (non-hydrogen) atoms. The molecule has 7 heteroatoms. The molecule has 0 atom stereocenters. The van der Waals surface area contributed by atoms with E-state index in [9.17, 15) is 0 Å². The first-order chi connectivity index (χ1) is 13.0. The Morgan fingerprint density at radius 1 is 1.07 bits per heavy atom. The van der Waals surface area contributed by atoms with Gasteiger partial charge in [0.2, 0.25) is 0 Å². The number of hydrazone groups is 1. The van der Waals surface area contributed by atoms with E-state index in [2.05, 4.69) is 20.4 Å². The molecular weight excluding hydrogens is 399 g/mol. The van der Waals surface area contributed by atoms with E-state index in [1.165, 1.54) is 0 Å². The van der Waals surface area contributed by atoms with Gasteiger partial charge in [-0.1, -0.05) is 47.5 Å². The Kier molecular flexibility index (Phi) is 6.50. The highest BCUT2D eigenvalue weighted by Crippen LogP contribution is 2.22. The Labute approximate surface area is 173 Å². The van der Waals surface area contributed by atoms with Crippen LogP contribution >= 0.6 is 35.4 Å². The number of thiocarbonyl (C=S) groups is 1. The summed E-state index contributed by atoms with van der Waals surface area (Å²) in [5.41, 5.74) is 6.58. The molecule has 0 unspecified atom stereocenters. The van der Waals surface area contributed by atoms with E-state index in [1.807, 2.05) is 67.7 Å². The molecule has 2 aromatic carbocycles. The summed E-state index contributed by atoms with van der Waals surface area (Å²) in [5.74, 6) is 0. The Bertz CT molecular complexity index is 982. The van der Waals surface area contributed by atoms with Crippen molar-refractivity contribution in [3.63, 3.8) is 0 Å². The SMILES string of the molecule is Cc1c(Cl)cccc1NC(=S)N/N=C\c1cccn1Cc1ccccc1Cl. The van der Waals surface area contributed by atoms with Gasteiger partial charge in [-0.05, 0) is 60.6 Å². The van der Waals surface area contributed by atoms with E-state index in [4.69, 9.17) is 35.4 Å². The number of nitrogens with one attached hydrogen (secondary N) is 2. The van der Waals surface area contributed by atoms with Gasteiger partial charge in [-0.25, -0.2) is 0 Å². The molecule has 3 rings (SSSR count). The molecule has 3 aromatic rings. The van der Waals surface area contributed by atoms with Crippen molar-refractivity contribution in [3.8, 4) is 0 Å². The van der Waals surface area contributed by atoms with Crippen molar-refractivity contribution >= 4 is 52.4 Å². The van der Waals surface area contributed by atoms with Crippen LogP contribution in [0.25, 0.3) is 0 Å². The van der Waals surface area contributed by atoms with Crippen molar-refractivity contribution in [2.75, 3.05) is 5.32 Å². The molecule has 1 heterocycles. The quantitative estimate of drug-likeness (QED) is 0.329. The normalized spacial score (nSPS) is 10.9. The van der Waals surface area contributed by atoms with E-state index >= 15 is 0 Å². The summed E-state index contributed by atoms with van der Waals surface area (Å²) in [5, 5.41) is 9.13. The van der Waals surface area contributed by atoms with Crippen molar-refractivity contribution in [2.24, 2.45) is 5.10 Å². The van der Waals surface area contributed by atoms with Gasteiger partial charge in [-0.3, -0.25) is 5.43 Å². The molecule has 0 saturated carbocycles. The van der Waals surface area contributed by atoms with Crippen LogP contribution in [0.2, 0.25) is 10.0 Å². The summed E-state index contributed by atoms with van der Waals surface area (Å²) >= 11 is 17.7. The topological polar surface area (TPSA) is 41.4 Å². The Morgan fingerprint density at radius 2 is 1.85 bits per heavy atom. The molecule has 0 bridgehead atoms. The number of hydrogen-bond acceptors (Lipinski definition) is 2. The van der Waals surface area contributed by atoms with Gasteiger partial charge >= 0.3 is 0 Å². The predicted molar refractivity (Wildman–Crippen MR) is 118 cm³/mol. The molecular formula is C20H18Cl2N4S. The van der Waals surface area contributed by atoms with Gasteiger partial charge in [0.05, 0.1) is 11.9 Å². The molecule has 0 aliphatic heterocycles. The second-order valence-corrected chi connectivity index (χ2v) is 7.11. The molecule has 0 fully saturated rings. The second kappa shape index (κ2) is 9.04. The third kappa shape index (κ3) is 5.10. The Morgan fingerprint density at radius 3 is 2.67 bits per heavy atom. The fraction of sp³-hybridized carbons (Fsp3) is 0.100. The largest absolute Gasteiger partial charge is 0.342 e. The number of nitrogens with zero attached hydrogens (tertiary/aromatic N) is 2. The lowest BCUT2D eigenvalue weighted by Crippen LogP contribution is -2.24. The first-order valence-corrected chi connectivity index (χ1v) is 9.45. The van der Waals surface area contributed by atoms with Gasteiger partial charge in [-0.2, -0.15) is 5.10 Å². The van der Waals surface area contributed by atoms with Crippen LogP contribution in [0, 0.1) is 6.92 Å². The van der Waals surface area contributed by atoms with E-state index < -0.39 is 0 Å². The maximum absolute atomic E-state index is 6.25. The lowest BCUT2D eigenvalue weighted by atomic mass is 10.2. The van der Waals surface area contributed by atoms with Gasteiger partial charge in [0.25, 0.3) is 0 Å². The second-order valence-electron chi connectivity index (χ2n) is 5.89. The van der Waals surface area contributed by atoms with Crippen LogP contribution in [-0.2, 0) is 6.54 Å². The van der Waals surface area contributed by atoms with Crippen molar-refractivity contribution in [1.29, 1.82) is 0 Å². The average Bonchev–Trinajstić information content (AvgIpc) is 3.08. The third-order valence-electron chi connectivity index (χ3n) is 4.04. The zero-order valence-corrected chi connectivity index (χ0v) is 16.9. The standard InChI is InChI=1S/C20H18Cl2N4S/c1-14-17(21)9-4-10-19(14)24-20(27)25-23-12-16-7-5-11-26(16)13-15-6-2-3-8-18(15)22/h2-12H,13H2,1H3,(H2,24,25,27)/b23-12-. The number of rotatable bonds is 5. The summed E-state index contributed by atoms with van der Waals surface area (Å²) in [6.07, 6.45) is 3.70.